The lowest BCUT2D eigenvalue weighted by molar-refractivity contribution is 0.111. The summed E-state index contributed by atoms with van der Waals surface area (Å²) in [5.41, 5.74) is 0.373. The van der Waals surface area contributed by atoms with Gasteiger partial charge in [-0.3, -0.25) is 9.20 Å². The molecular formula is C12H6F2N2OS. The molecule has 0 bridgehead atoms. The molecule has 0 amide bonds. The van der Waals surface area contributed by atoms with Crippen LogP contribution in [0.5, 0.6) is 0 Å². The summed E-state index contributed by atoms with van der Waals surface area (Å²) in [7, 11) is 0. The second kappa shape index (κ2) is 3.99. The van der Waals surface area contributed by atoms with E-state index in [0.29, 0.717) is 11.2 Å². The van der Waals surface area contributed by atoms with E-state index < -0.39 is 11.6 Å². The minimum atomic E-state index is -0.606. The molecule has 3 aromatic rings. The van der Waals surface area contributed by atoms with Gasteiger partial charge in [0.25, 0.3) is 0 Å². The van der Waals surface area contributed by atoms with Crippen LogP contribution in [0.1, 0.15) is 10.5 Å². The number of imidazole rings is 1. The first-order valence-electron chi connectivity index (χ1n) is 5.07. The fourth-order valence-electron chi connectivity index (χ4n) is 1.79. The Bertz CT molecular complexity index is 748. The largest absolute Gasteiger partial charge is 0.296 e. The zero-order valence-corrected chi connectivity index (χ0v) is 9.75. The second-order valence-electron chi connectivity index (χ2n) is 3.64. The molecule has 0 atom stereocenters. The van der Waals surface area contributed by atoms with Crippen LogP contribution in [0.25, 0.3) is 16.2 Å². The Labute approximate surface area is 104 Å². The van der Waals surface area contributed by atoms with Gasteiger partial charge in [0, 0.05) is 17.1 Å². The number of aldehydes is 1. The minimum Gasteiger partial charge on any atom is -0.296 e. The van der Waals surface area contributed by atoms with Crippen LogP contribution in [-0.2, 0) is 0 Å². The molecule has 0 unspecified atom stereocenters. The van der Waals surface area contributed by atoms with E-state index in [9.17, 15) is 13.6 Å². The second-order valence-corrected chi connectivity index (χ2v) is 4.52. The maximum absolute atomic E-state index is 13.7. The standard InChI is InChI=1S/C12H6F2N2OS/c13-7-1-2-9(14)8(5-7)11-10(6-17)16-3-4-18-12(16)15-11/h1-6H. The molecule has 0 aliphatic carbocycles. The van der Waals surface area contributed by atoms with Gasteiger partial charge in [-0.15, -0.1) is 11.3 Å². The van der Waals surface area contributed by atoms with Crippen LogP contribution in [0.15, 0.2) is 29.8 Å². The number of benzene rings is 1. The minimum absolute atomic E-state index is 0.00648. The van der Waals surface area contributed by atoms with Gasteiger partial charge in [0.05, 0.1) is 0 Å². The number of carbonyl (C=O) groups excluding carboxylic acids is 1. The first-order valence-corrected chi connectivity index (χ1v) is 5.95. The SMILES string of the molecule is O=Cc1c(-c2cc(F)ccc2F)nc2sccn12. The van der Waals surface area contributed by atoms with E-state index in [1.54, 1.807) is 16.0 Å². The van der Waals surface area contributed by atoms with Crippen molar-refractivity contribution in [1.29, 1.82) is 0 Å². The van der Waals surface area contributed by atoms with E-state index in [-0.39, 0.29) is 17.0 Å². The molecule has 2 aromatic heterocycles. The molecule has 3 rings (SSSR count). The van der Waals surface area contributed by atoms with Crippen LogP contribution in [0.4, 0.5) is 8.78 Å². The Hall–Kier alpha value is -2.08. The van der Waals surface area contributed by atoms with Crippen LogP contribution in [-0.4, -0.2) is 15.7 Å². The molecule has 0 aliphatic rings. The van der Waals surface area contributed by atoms with E-state index in [0.717, 1.165) is 18.2 Å². The van der Waals surface area contributed by atoms with Gasteiger partial charge in [0.2, 0.25) is 0 Å². The Morgan fingerprint density at radius 3 is 2.94 bits per heavy atom. The van der Waals surface area contributed by atoms with Crippen molar-refractivity contribution in [3.63, 3.8) is 0 Å². The average molecular weight is 264 g/mol. The highest BCUT2D eigenvalue weighted by molar-refractivity contribution is 7.15. The predicted molar refractivity (Wildman–Crippen MR) is 63.8 cm³/mol. The summed E-state index contributed by atoms with van der Waals surface area (Å²) in [6.45, 7) is 0. The number of aromatic nitrogens is 2. The molecule has 3 nitrogen and oxygen atoms in total. The Morgan fingerprint density at radius 1 is 1.33 bits per heavy atom. The van der Waals surface area contributed by atoms with Gasteiger partial charge in [-0.05, 0) is 18.2 Å². The summed E-state index contributed by atoms with van der Waals surface area (Å²) < 4.78 is 28.4. The van der Waals surface area contributed by atoms with Crippen molar-refractivity contribution >= 4 is 22.6 Å². The molecule has 0 spiro atoms. The van der Waals surface area contributed by atoms with E-state index in [1.807, 2.05) is 0 Å². The molecule has 18 heavy (non-hydrogen) atoms. The van der Waals surface area contributed by atoms with Crippen LogP contribution in [0.2, 0.25) is 0 Å². The molecule has 2 heterocycles. The number of halogens is 2. The van der Waals surface area contributed by atoms with Crippen molar-refractivity contribution in [1.82, 2.24) is 9.38 Å². The molecule has 0 saturated heterocycles. The highest BCUT2D eigenvalue weighted by Gasteiger charge is 2.17. The first kappa shape index (κ1) is 11.0. The monoisotopic (exact) mass is 264 g/mol. The van der Waals surface area contributed by atoms with Gasteiger partial charge in [0.15, 0.2) is 11.2 Å². The van der Waals surface area contributed by atoms with Gasteiger partial charge < -0.3 is 0 Å². The van der Waals surface area contributed by atoms with E-state index >= 15 is 0 Å². The molecule has 0 fully saturated rings. The summed E-state index contributed by atoms with van der Waals surface area (Å²) in [5.74, 6) is -1.18. The van der Waals surface area contributed by atoms with Gasteiger partial charge in [-0.2, -0.15) is 0 Å². The zero-order valence-electron chi connectivity index (χ0n) is 8.93. The quantitative estimate of drug-likeness (QED) is 0.666. The number of rotatable bonds is 2. The third-order valence-corrected chi connectivity index (χ3v) is 3.35. The summed E-state index contributed by atoms with van der Waals surface area (Å²) in [5, 5.41) is 1.76. The molecule has 0 aliphatic heterocycles. The highest BCUT2D eigenvalue weighted by Crippen LogP contribution is 2.28. The number of hydrogen-bond donors (Lipinski definition) is 0. The third kappa shape index (κ3) is 1.53. The van der Waals surface area contributed by atoms with Gasteiger partial charge in [-0.25, -0.2) is 13.8 Å². The maximum atomic E-state index is 13.7. The number of thiazole rings is 1. The van der Waals surface area contributed by atoms with E-state index in [2.05, 4.69) is 4.98 Å². The van der Waals surface area contributed by atoms with Crippen molar-refractivity contribution in [3.8, 4) is 11.3 Å². The smallest absolute Gasteiger partial charge is 0.194 e. The Balaban J connectivity index is 2.33. The number of carbonyl (C=O) groups is 1. The maximum Gasteiger partial charge on any atom is 0.194 e. The Kier molecular flexibility index (Phi) is 2.45. The van der Waals surface area contributed by atoms with Crippen molar-refractivity contribution in [2.45, 2.75) is 0 Å². The van der Waals surface area contributed by atoms with Crippen LogP contribution >= 0.6 is 11.3 Å². The molecule has 1 aromatic carbocycles. The number of hydrogen-bond acceptors (Lipinski definition) is 3. The number of fused-ring (bicyclic) bond motifs is 1. The summed E-state index contributed by atoms with van der Waals surface area (Å²) in [6, 6.07) is 3.08. The van der Waals surface area contributed by atoms with Gasteiger partial charge in [0.1, 0.15) is 23.0 Å². The molecule has 0 saturated carbocycles. The zero-order chi connectivity index (χ0) is 12.7. The van der Waals surface area contributed by atoms with Gasteiger partial charge in [-0.1, -0.05) is 0 Å². The predicted octanol–water partition coefficient (Wildman–Crippen LogP) is 3.15. The normalized spacial score (nSPS) is 11.0. The van der Waals surface area contributed by atoms with Crippen LogP contribution < -0.4 is 0 Å². The summed E-state index contributed by atoms with van der Waals surface area (Å²) >= 11 is 1.32. The van der Waals surface area contributed by atoms with Gasteiger partial charge >= 0.3 is 0 Å². The average Bonchev–Trinajstić information content (AvgIpc) is 2.91. The number of nitrogens with zero attached hydrogens (tertiary/aromatic N) is 2. The van der Waals surface area contributed by atoms with Crippen molar-refractivity contribution in [2.75, 3.05) is 0 Å². The van der Waals surface area contributed by atoms with E-state index in [4.69, 9.17) is 0 Å². The van der Waals surface area contributed by atoms with Crippen LogP contribution in [0.3, 0.4) is 0 Å². The lowest BCUT2D eigenvalue weighted by Crippen LogP contribution is -1.93. The van der Waals surface area contributed by atoms with Crippen molar-refractivity contribution < 1.29 is 13.6 Å². The Morgan fingerprint density at radius 2 is 2.17 bits per heavy atom. The molecular weight excluding hydrogens is 258 g/mol. The lowest BCUT2D eigenvalue weighted by atomic mass is 10.1. The van der Waals surface area contributed by atoms with E-state index in [1.165, 1.54) is 11.3 Å². The van der Waals surface area contributed by atoms with Crippen LogP contribution in [0, 0.1) is 11.6 Å². The highest BCUT2D eigenvalue weighted by atomic mass is 32.1. The molecule has 6 heteroatoms. The first-order chi connectivity index (χ1) is 8.70. The third-order valence-electron chi connectivity index (χ3n) is 2.59. The lowest BCUT2D eigenvalue weighted by Gasteiger charge is -2.00. The molecule has 90 valence electrons. The van der Waals surface area contributed by atoms with Crippen molar-refractivity contribution in [2.24, 2.45) is 0 Å². The van der Waals surface area contributed by atoms with Crippen molar-refractivity contribution in [3.05, 3.63) is 47.1 Å². The fourth-order valence-corrected chi connectivity index (χ4v) is 2.51. The fraction of sp³-hybridized carbons (Fsp3) is 0. The molecule has 0 radical (unpaired) electrons. The summed E-state index contributed by atoms with van der Waals surface area (Å²) in [4.78, 5) is 15.8. The molecule has 0 N–H and O–H groups in total. The topological polar surface area (TPSA) is 34.4 Å². The summed E-state index contributed by atoms with van der Waals surface area (Å²) in [6.07, 6.45) is 2.25.